The number of carbonyl (C=O) groups excluding carboxylic acids is 1. The average molecular weight is 823 g/mol. The Morgan fingerprint density at radius 3 is 2.66 bits per heavy atom. The van der Waals surface area contributed by atoms with Gasteiger partial charge in [0, 0.05) is 75.3 Å². The van der Waals surface area contributed by atoms with Crippen LogP contribution in [0.1, 0.15) is 61.3 Å². The number of carbonyl (C=O) groups is 2. The van der Waals surface area contributed by atoms with Crippen LogP contribution in [0.25, 0.3) is 5.57 Å². The zero-order valence-corrected chi connectivity index (χ0v) is 33.5. The summed E-state index contributed by atoms with van der Waals surface area (Å²) in [4.78, 5) is 32.1. The zero-order chi connectivity index (χ0) is 39.7. The third-order valence-corrected chi connectivity index (χ3v) is 11.7. The number of amides is 1. The van der Waals surface area contributed by atoms with Crippen LogP contribution >= 0.6 is 34.8 Å². The SMILES string of the molecule is CC(=O)NC1CCN(CCCOC2(COc3cc(OCc4cncc(C#N)c4)c(CN4CCCC[C@H]4C(=O)O)cc3Cl)C=CC=C(c3ccccc3)C2(Cl)Cl)C1. The second-order valence-corrected chi connectivity index (χ2v) is 16.2. The maximum absolute atomic E-state index is 12.2. The van der Waals surface area contributed by atoms with E-state index in [0.29, 0.717) is 66.3 Å². The minimum Gasteiger partial charge on any atom is -0.488 e. The molecule has 2 aromatic carbocycles. The monoisotopic (exact) mass is 821 g/mol. The van der Waals surface area contributed by atoms with Gasteiger partial charge >= 0.3 is 5.97 Å². The number of hydrogen-bond donors (Lipinski definition) is 2. The number of hydrogen-bond acceptors (Lipinski definition) is 9. The molecular weight excluding hydrogens is 777 g/mol. The lowest BCUT2D eigenvalue weighted by Crippen LogP contribution is -2.53. The van der Waals surface area contributed by atoms with Gasteiger partial charge in [-0.2, -0.15) is 5.26 Å². The number of nitrogens with one attached hydrogen (secondary N) is 1. The van der Waals surface area contributed by atoms with Crippen molar-refractivity contribution in [2.45, 2.75) is 74.2 Å². The Hall–Kier alpha value is -4.15. The first-order valence-corrected chi connectivity index (χ1v) is 20.0. The largest absolute Gasteiger partial charge is 0.488 e. The van der Waals surface area contributed by atoms with Gasteiger partial charge in [0.15, 0.2) is 9.93 Å². The molecule has 2 aliphatic heterocycles. The molecule has 1 aromatic heterocycles. The van der Waals surface area contributed by atoms with Gasteiger partial charge in [0.1, 0.15) is 36.8 Å². The van der Waals surface area contributed by atoms with Crippen molar-refractivity contribution in [1.29, 1.82) is 5.26 Å². The summed E-state index contributed by atoms with van der Waals surface area (Å²) in [5.74, 6) is -0.168. The molecule has 0 saturated carbocycles. The Bertz CT molecular complexity index is 1970. The minimum atomic E-state index is -1.59. The number of carboxylic acid groups (broad SMARTS) is 1. The molecule has 56 heavy (non-hydrogen) atoms. The smallest absolute Gasteiger partial charge is 0.320 e. The predicted molar refractivity (Wildman–Crippen MR) is 216 cm³/mol. The summed E-state index contributed by atoms with van der Waals surface area (Å²) >= 11 is 21.7. The van der Waals surface area contributed by atoms with Crippen molar-refractivity contribution in [2.75, 3.05) is 39.4 Å². The standard InChI is InChI=1S/C42H46Cl3N5O6/c1-29(51)48-34-13-17-49(26-34)15-8-18-56-41(14-7-11-35(42(41,44)45)32-9-3-2-4-10-32)28-55-39-21-38(54-27-31-19-30(22-46)23-47-24-31)33(20-36(39)43)25-50-16-6-5-12-37(50)40(52)53/h2-4,7,9-11,14,19-21,23-24,34,37H,5-6,8,12-13,15-18,25-28H2,1H3,(H,48,51)(H,52,53)/t34?,37-,41?/m0/s1. The topological polar surface area (TPSA) is 137 Å². The molecule has 3 heterocycles. The number of aromatic nitrogens is 1. The van der Waals surface area contributed by atoms with Crippen LogP contribution in [-0.4, -0.2) is 93.2 Å². The molecule has 0 spiro atoms. The van der Waals surface area contributed by atoms with Crippen molar-refractivity contribution < 1.29 is 28.9 Å². The number of ether oxygens (including phenoxy) is 3. The first-order valence-electron chi connectivity index (χ1n) is 18.8. The molecule has 6 rings (SSSR count). The second kappa shape index (κ2) is 18.9. The Morgan fingerprint density at radius 2 is 1.89 bits per heavy atom. The summed E-state index contributed by atoms with van der Waals surface area (Å²) in [6.07, 6.45) is 12.5. The predicted octanol–water partition coefficient (Wildman–Crippen LogP) is 7.19. The number of piperidine rings is 1. The molecule has 3 aliphatic rings. The van der Waals surface area contributed by atoms with Gasteiger partial charge in [-0.25, -0.2) is 0 Å². The minimum absolute atomic E-state index is 0.0287. The number of nitrogens with zero attached hydrogens (tertiary/aromatic N) is 4. The Kier molecular flexibility index (Phi) is 14.0. The molecule has 2 N–H and O–H groups in total. The van der Waals surface area contributed by atoms with Gasteiger partial charge in [0.25, 0.3) is 0 Å². The molecule has 2 fully saturated rings. The van der Waals surface area contributed by atoms with E-state index >= 15 is 0 Å². The van der Waals surface area contributed by atoms with Crippen molar-refractivity contribution in [2.24, 2.45) is 0 Å². The number of carboxylic acids is 1. The molecule has 296 valence electrons. The van der Waals surface area contributed by atoms with Crippen LogP contribution in [0.5, 0.6) is 11.5 Å². The van der Waals surface area contributed by atoms with E-state index in [9.17, 15) is 20.0 Å². The van der Waals surface area contributed by atoms with E-state index < -0.39 is 21.9 Å². The fourth-order valence-electron chi connectivity index (χ4n) is 7.53. The zero-order valence-electron chi connectivity index (χ0n) is 31.3. The maximum atomic E-state index is 12.2. The van der Waals surface area contributed by atoms with Crippen molar-refractivity contribution in [3.8, 4) is 17.6 Å². The second-order valence-electron chi connectivity index (χ2n) is 14.4. The lowest BCUT2D eigenvalue weighted by Gasteiger charge is -2.43. The molecule has 11 nitrogen and oxygen atoms in total. The number of allylic oxidation sites excluding steroid dienone is 2. The molecule has 2 unspecified atom stereocenters. The molecule has 3 aromatic rings. The number of likely N-dealkylation sites (tertiary alicyclic amines) is 2. The summed E-state index contributed by atoms with van der Waals surface area (Å²) in [7, 11) is 0. The van der Waals surface area contributed by atoms with Gasteiger partial charge in [-0.05, 0) is 61.6 Å². The van der Waals surface area contributed by atoms with Gasteiger partial charge < -0.3 is 29.5 Å². The highest BCUT2D eigenvalue weighted by Gasteiger charge is 2.54. The van der Waals surface area contributed by atoms with Gasteiger partial charge in [-0.1, -0.05) is 83.7 Å². The number of halogens is 3. The van der Waals surface area contributed by atoms with Crippen LogP contribution in [0.4, 0.5) is 0 Å². The van der Waals surface area contributed by atoms with E-state index in [1.807, 2.05) is 53.5 Å². The first kappa shape index (κ1) is 41.5. The highest BCUT2D eigenvalue weighted by molar-refractivity contribution is 6.55. The highest BCUT2D eigenvalue weighted by Crippen LogP contribution is 2.51. The summed E-state index contributed by atoms with van der Waals surface area (Å²) in [5.41, 5.74) is 1.90. The van der Waals surface area contributed by atoms with Crippen molar-refractivity contribution in [3.63, 3.8) is 0 Å². The van der Waals surface area contributed by atoms with E-state index in [-0.39, 0.29) is 30.2 Å². The fourth-order valence-corrected chi connectivity index (χ4v) is 8.46. The van der Waals surface area contributed by atoms with Crippen molar-refractivity contribution >= 4 is 52.3 Å². The summed E-state index contributed by atoms with van der Waals surface area (Å²) < 4.78 is 18.0. The third kappa shape index (κ3) is 10.0. The Labute approximate surface area is 342 Å². The number of aliphatic carboxylic acids is 1. The quantitative estimate of drug-likeness (QED) is 0.113. The molecule has 0 radical (unpaired) electrons. The number of benzene rings is 2. The fraction of sp³-hybridized carbons (Fsp3) is 0.429. The van der Waals surface area contributed by atoms with E-state index in [1.165, 1.54) is 13.1 Å². The van der Waals surface area contributed by atoms with E-state index in [1.54, 1.807) is 24.4 Å². The van der Waals surface area contributed by atoms with E-state index in [0.717, 1.165) is 44.5 Å². The first-order chi connectivity index (χ1) is 27.0. The number of alkyl halides is 2. The van der Waals surface area contributed by atoms with Crippen molar-refractivity contribution in [1.82, 2.24) is 20.1 Å². The Balaban J connectivity index is 1.25. The van der Waals surface area contributed by atoms with Crippen LogP contribution in [0, 0.1) is 11.3 Å². The lowest BCUT2D eigenvalue weighted by molar-refractivity contribution is -0.144. The van der Waals surface area contributed by atoms with E-state index in [4.69, 9.17) is 49.0 Å². The lowest BCUT2D eigenvalue weighted by atomic mass is 9.85. The molecule has 3 atom stereocenters. The van der Waals surface area contributed by atoms with Crippen LogP contribution in [0.2, 0.25) is 5.02 Å². The maximum Gasteiger partial charge on any atom is 0.320 e. The van der Waals surface area contributed by atoms with Gasteiger partial charge in [-0.3, -0.25) is 19.5 Å². The van der Waals surface area contributed by atoms with E-state index in [2.05, 4.69) is 21.3 Å². The molecular formula is C42H46Cl3N5O6. The average Bonchev–Trinajstić information content (AvgIpc) is 3.63. The van der Waals surface area contributed by atoms with Gasteiger partial charge in [0.2, 0.25) is 5.91 Å². The van der Waals surface area contributed by atoms with Gasteiger partial charge in [-0.15, -0.1) is 0 Å². The molecule has 14 heteroatoms. The molecule has 2 saturated heterocycles. The van der Waals surface area contributed by atoms with Crippen LogP contribution in [-0.2, 0) is 27.5 Å². The molecule has 1 aliphatic carbocycles. The van der Waals surface area contributed by atoms with Crippen LogP contribution in [0.15, 0.2) is 79.2 Å². The summed E-state index contributed by atoms with van der Waals surface area (Å²) in [5, 5.41) is 22.7. The molecule has 0 bridgehead atoms. The number of nitriles is 1. The highest BCUT2D eigenvalue weighted by atomic mass is 35.5. The van der Waals surface area contributed by atoms with Crippen LogP contribution in [0.3, 0.4) is 0 Å². The number of rotatable bonds is 16. The number of pyridine rings is 1. The summed E-state index contributed by atoms with van der Waals surface area (Å²) in [6.45, 7) is 5.15. The summed E-state index contributed by atoms with van der Waals surface area (Å²) in [6, 6.07) is 16.4. The third-order valence-electron chi connectivity index (χ3n) is 10.4. The van der Waals surface area contributed by atoms with Crippen LogP contribution < -0.4 is 14.8 Å². The molecule has 1 amide bonds. The Morgan fingerprint density at radius 1 is 1.07 bits per heavy atom. The van der Waals surface area contributed by atoms with Gasteiger partial charge in [0.05, 0.1) is 10.6 Å². The van der Waals surface area contributed by atoms with Crippen molar-refractivity contribution in [3.05, 3.63) is 106 Å². The normalized spacial score (nSPS) is 22.2.